The number of carbonyl (C=O) groups is 1. The Hall–Kier alpha value is -1.84. The number of halogens is 1. The molecule has 0 aliphatic carbocycles. The van der Waals surface area contributed by atoms with E-state index < -0.39 is 0 Å². The van der Waals surface area contributed by atoms with Gasteiger partial charge in [-0.25, -0.2) is 0 Å². The zero-order valence-corrected chi connectivity index (χ0v) is 14.6. The summed E-state index contributed by atoms with van der Waals surface area (Å²) in [5.41, 5.74) is 3.37. The Labute approximate surface area is 149 Å². The average molecular weight is 346 g/mol. The molecule has 1 heterocycles. The Balaban J connectivity index is 0.00000208. The van der Waals surface area contributed by atoms with Crippen molar-refractivity contribution in [2.75, 3.05) is 19.7 Å². The molecule has 1 fully saturated rings. The quantitative estimate of drug-likeness (QED) is 0.807. The Kier molecular flexibility index (Phi) is 7.29. The summed E-state index contributed by atoms with van der Waals surface area (Å²) < 4.78 is 5.92. The van der Waals surface area contributed by atoms with Gasteiger partial charge in [-0.05, 0) is 60.7 Å². The molecule has 128 valence electrons. The van der Waals surface area contributed by atoms with E-state index >= 15 is 0 Å². The summed E-state index contributed by atoms with van der Waals surface area (Å²) in [7, 11) is 0. The van der Waals surface area contributed by atoms with Gasteiger partial charge in [-0.3, -0.25) is 0 Å². The van der Waals surface area contributed by atoms with Gasteiger partial charge in [-0.1, -0.05) is 36.4 Å². The van der Waals surface area contributed by atoms with Crippen LogP contribution >= 0.6 is 12.4 Å². The Morgan fingerprint density at radius 3 is 2.12 bits per heavy atom. The van der Waals surface area contributed by atoms with Crippen LogP contribution in [0.25, 0.3) is 11.1 Å². The SMILES string of the molecule is Cl.O=CCc1ccc(-c2ccc(OCC3CCNCC3)cc2)cc1. The van der Waals surface area contributed by atoms with Crippen LogP contribution in [-0.2, 0) is 11.2 Å². The lowest BCUT2D eigenvalue weighted by molar-refractivity contribution is -0.107. The molecule has 4 heteroatoms. The molecule has 2 aromatic carbocycles. The highest BCUT2D eigenvalue weighted by Gasteiger charge is 2.13. The molecular formula is C20H24ClNO2. The van der Waals surface area contributed by atoms with Crippen molar-refractivity contribution in [1.29, 1.82) is 0 Å². The number of carbonyl (C=O) groups excluding carboxylic acids is 1. The molecule has 0 bridgehead atoms. The van der Waals surface area contributed by atoms with Gasteiger partial charge in [0.25, 0.3) is 0 Å². The fraction of sp³-hybridized carbons (Fsp3) is 0.350. The molecule has 3 nitrogen and oxygen atoms in total. The summed E-state index contributed by atoms with van der Waals surface area (Å²) >= 11 is 0. The minimum absolute atomic E-state index is 0. The van der Waals surface area contributed by atoms with Crippen LogP contribution in [0.3, 0.4) is 0 Å². The highest BCUT2D eigenvalue weighted by atomic mass is 35.5. The van der Waals surface area contributed by atoms with E-state index in [0.29, 0.717) is 12.3 Å². The van der Waals surface area contributed by atoms with Crippen molar-refractivity contribution in [2.24, 2.45) is 5.92 Å². The zero-order valence-electron chi connectivity index (χ0n) is 13.7. The number of piperidine rings is 1. The van der Waals surface area contributed by atoms with Gasteiger partial charge in [0.1, 0.15) is 12.0 Å². The number of ether oxygens (including phenoxy) is 1. The Morgan fingerprint density at radius 2 is 1.54 bits per heavy atom. The first-order valence-corrected chi connectivity index (χ1v) is 8.31. The molecule has 1 saturated heterocycles. The molecule has 0 atom stereocenters. The number of aldehydes is 1. The maximum absolute atomic E-state index is 10.5. The van der Waals surface area contributed by atoms with Crippen LogP contribution < -0.4 is 10.1 Å². The van der Waals surface area contributed by atoms with Crippen LogP contribution in [0.5, 0.6) is 5.75 Å². The highest BCUT2D eigenvalue weighted by molar-refractivity contribution is 5.85. The maximum atomic E-state index is 10.5. The van der Waals surface area contributed by atoms with Crippen molar-refractivity contribution < 1.29 is 9.53 Å². The van der Waals surface area contributed by atoms with Crippen LogP contribution in [0.1, 0.15) is 18.4 Å². The third kappa shape index (κ3) is 5.08. The van der Waals surface area contributed by atoms with E-state index in [2.05, 4.69) is 29.6 Å². The van der Waals surface area contributed by atoms with Crippen molar-refractivity contribution in [2.45, 2.75) is 19.3 Å². The van der Waals surface area contributed by atoms with Gasteiger partial charge in [0.2, 0.25) is 0 Å². The number of nitrogens with one attached hydrogen (secondary N) is 1. The summed E-state index contributed by atoms with van der Waals surface area (Å²) in [6, 6.07) is 16.4. The van der Waals surface area contributed by atoms with E-state index in [1.165, 1.54) is 12.8 Å². The first-order valence-electron chi connectivity index (χ1n) is 8.31. The second kappa shape index (κ2) is 9.45. The molecular weight excluding hydrogens is 322 g/mol. The zero-order chi connectivity index (χ0) is 15.9. The molecule has 0 spiro atoms. The van der Waals surface area contributed by atoms with Crippen molar-refractivity contribution in [3.8, 4) is 16.9 Å². The summed E-state index contributed by atoms with van der Waals surface area (Å²) in [5.74, 6) is 1.60. The summed E-state index contributed by atoms with van der Waals surface area (Å²) in [4.78, 5) is 10.5. The van der Waals surface area contributed by atoms with Crippen LogP contribution in [-0.4, -0.2) is 26.0 Å². The lowest BCUT2D eigenvalue weighted by Crippen LogP contribution is -2.30. The summed E-state index contributed by atoms with van der Waals surface area (Å²) in [5, 5.41) is 3.38. The van der Waals surface area contributed by atoms with Crippen molar-refractivity contribution in [3.63, 3.8) is 0 Å². The minimum atomic E-state index is 0. The molecule has 0 radical (unpaired) electrons. The molecule has 0 amide bonds. The molecule has 0 unspecified atom stereocenters. The van der Waals surface area contributed by atoms with E-state index in [1.807, 2.05) is 24.3 Å². The number of benzene rings is 2. The fourth-order valence-electron chi connectivity index (χ4n) is 2.94. The van der Waals surface area contributed by atoms with Gasteiger partial charge < -0.3 is 14.8 Å². The first-order chi connectivity index (χ1) is 11.3. The second-order valence-electron chi connectivity index (χ2n) is 6.10. The minimum Gasteiger partial charge on any atom is -0.493 e. The lowest BCUT2D eigenvalue weighted by Gasteiger charge is -2.22. The Bertz CT molecular complexity index is 619. The van der Waals surface area contributed by atoms with Gasteiger partial charge >= 0.3 is 0 Å². The van der Waals surface area contributed by atoms with E-state index in [4.69, 9.17) is 4.74 Å². The van der Waals surface area contributed by atoms with Gasteiger partial charge in [-0.2, -0.15) is 0 Å². The van der Waals surface area contributed by atoms with Gasteiger partial charge in [0, 0.05) is 6.42 Å². The van der Waals surface area contributed by atoms with E-state index in [9.17, 15) is 4.79 Å². The average Bonchev–Trinajstić information content (AvgIpc) is 2.62. The van der Waals surface area contributed by atoms with Crippen molar-refractivity contribution in [1.82, 2.24) is 5.32 Å². The highest BCUT2D eigenvalue weighted by Crippen LogP contribution is 2.23. The maximum Gasteiger partial charge on any atom is 0.124 e. The molecule has 1 aliphatic rings. The summed E-state index contributed by atoms with van der Waals surface area (Å²) in [6.07, 6.45) is 3.81. The molecule has 0 aromatic heterocycles. The molecule has 1 N–H and O–H groups in total. The van der Waals surface area contributed by atoms with Crippen LogP contribution in [0, 0.1) is 5.92 Å². The van der Waals surface area contributed by atoms with E-state index in [1.54, 1.807) is 0 Å². The van der Waals surface area contributed by atoms with Crippen molar-refractivity contribution >= 4 is 18.7 Å². The lowest BCUT2D eigenvalue weighted by atomic mass is 9.99. The largest absolute Gasteiger partial charge is 0.493 e. The second-order valence-corrected chi connectivity index (χ2v) is 6.10. The van der Waals surface area contributed by atoms with E-state index in [-0.39, 0.29) is 12.4 Å². The third-order valence-electron chi connectivity index (χ3n) is 4.41. The van der Waals surface area contributed by atoms with Gasteiger partial charge in [-0.15, -0.1) is 12.4 Å². The van der Waals surface area contributed by atoms with Gasteiger partial charge in [0.05, 0.1) is 6.61 Å². The fourth-order valence-corrected chi connectivity index (χ4v) is 2.94. The predicted molar refractivity (Wildman–Crippen MR) is 100.0 cm³/mol. The first kappa shape index (κ1) is 18.5. The molecule has 24 heavy (non-hydrogen) atoms. The van der Waals surface area contributed by atoms with Crippen LogP contribution in [0.15, 0.2) is 48.5 Å². The third-order valence-corrected chi connectivity index (χ3v) is 4.41. The molecule has 3 rings (SSSR count). The standard InChI is InChI=1S/C20H23NO2.ClH/c22-14-11-16-1-3-18(4-2-16)19-5-7-20(8-6-19)23-15-17-9-12-21-13-10-17;/h1-8,14,17,21H,9-13,15H2;1H. The molecule has 0 saturated carbocycles. The normalized spacial score (nSPS) is 14.7. The van der Waals surface area contributed by atoms with Crippen LogP contribution in [0.2, 0.25) is 0 Å². The van der Waals surface area contributed by atoms with Gasteiger partial charge in [0.15, 0.2) is 0 Å². The molecule has 2 aromatic rings. The molecule has 1 aliphatic heterocycles. The number of hydrogen-bond acceptors (Lipinski definition) is 3. The predicted octanol–water partition coefficient (Wildman–Crippen LogP) is 3.90. The topological polar surface area (TPSA) is 38.3 Å². The summed E-state index contributed by atoms with van der Waals surface area (Å²) in [6.45, 7) is 3.02. The van der Waals surface area contributed by atoms with E-state index in [0.717, 1.165) is 48.4 Å². The number of rotatable bonds is 6. The van der Waals surface area contributed by atoms with Crippen LogP contribution in [0.4, 0.5) is 0 Å². The number of hydrogen-bond donors (Lipinski definition) is 1. The van der Waals surface area contributed by atoms with Crippen molar-refractivity contribution in [3.05, 3.63) is 54.1 Å². The Morgan fingerprint density at radius 1 is 0.958 bits per heavy atom. The monoisotopic (exact) mass is 345 g/mol. The smallest absolute Gasteiger partial charge is 0.124 e.